The van der Waals surface area contributed by atoms with E-state index in [1.807, 2.05) is 6.33 Å². The summed E-state index contributed by atoms with van der Waals surface area (Å²) in [5, 5.41) is 4.69. The molecule has 1 unspecified atom stereocenters. The summed E-state index contributed by atoms with van der Waals surface area (Å²) in [6.07, 6.45) is 9.30. The van der Waals surface area contributed by atoms with Gasteiger partial charge in [-0.2, -0.15) is 5.10 Å². The quantitative estimate of drug-likeness (QED) is 0.834. The van der Waals surface area contributed by atoms with Crippen LogP contribution < -0.4 is 0 Å². The van der Waals surface area contributed by atoms with Crippen LogP contribution in [-0.4, -0.2) is 56.8 Å². The second kappa shape index (κ2) is 5.96. The van der Waals surface area contributed by atoms with Crippen molar-refractivity contribution in [3.05, 3.63) is 12.2 Å². The molecule has 1 aromatic heterocycles. The molecule has 2 amide bonds. The molecule has 2 aliphatic heterocycles. The molecule has 0 bridgehead atoms. The number of amides is 2. The summed E-state index contributed by atoms with van der Waals surface area (Å²) in [5.41, 5.74) is 0.360. The van der Waals surface area contributed by atoms with Crippen LogP contribution in [0.5, 0.6) is 0 Å². The van der Waals surface area contributed by atoms with Crippen molar-refractivity contribution in [2.24, 2.45) is 17.3 Å². The lowest BCUT2D eigenvalue weighted by atomic mass is 9.61. The maximum atomic E-state index is 12.8. The molecule has 1 spiro atoms. The highest BCUT2D eigenvalue weighted by Crippen LogP contribution is 2.54. The fourth-order valence-electron chi connectivity index (χ4n) is 5.75. The summed E-state index contributed by atoms with van der Waals surface area (Å²) in [5.74, 6) is 2.98. The molecular weight excluding hydrogens is 326 g/mol. The minimum Gasteiger partial charge on any atom is -0.324 e. The Bertz CT molecular complexity index is 674. The van der Waals surface area contributed by atoms with Crippen molar-refractivity contribution < 1.29 is 4.79 Å². The van der Waals surface area contributed by atoms with E-state index in [2.05, 4.69) is 33.3 Å². The van der Waals surface area contributed by atoms with Crippen molar-refractivity contribution in [3.63, 3.8) is 0 Å². The van der Waals surface area contributed by atoms with Gasteiger partial charge in [0.25, 0.3) is 0 Å². The molecule has 0 aromatic carbocycles. The topological polar surface area (TPSA) is 54.3 Å². The van der Waals surface area contributed by atoms with Gasteiger partial charge in [0, 0.05) is 37.5 Å². The normalized spacial score (nSPS) is 31.0. The molecule has 0 N–H and O–H groups in total. The van der Waals surface area contributed by atoms with Gasteiger partial charge >= 0.3 is 6.03 Å². The summed E-state index contributed by atoms with van der Waals surface area (Å²) in [6.45, 7) is 8.27. The van der Waals surface area contributed by atoms with Gasteiger partial charge in [-0.05, 0) is 43.9 Å². The summed E-state index contributed by atoms with van der Waals surface area (Å²) >= 11 is 0. The first-order chi connectivity index (χ1) is 12.6. The third-order valence-electron chi connectivity index (χ3n) is 7.61. The first-order valence-electron chi connectivity index (χ1n) is 10.5. The van der Waals surface area contributed by atoms with Crippen LogP contribution in [0, 0.1) is 17.3 Å². The van der Waals surface area contributed by atoms with E-state index in [0.29, 0.717) is 23.4 Å². The molecule has 6 nitrogen and oxygen atoms in total. The summed E-state index contributed by atoms with van der Waals surface area (Å²) in [6, 6.07) is 0.775. The van der Waals surface area contributed by atoms with Crippen molar-refractivity contribution in [2.75, 3.05) is 26.2 Å². The number of hydrogen-bond donors (Lipinski definition) is 0. The number of hydrogen-bond acceptors (Lipinski definition) is 3. The van der Waals surface area contributed by atoms with Crippen molar-refractivity contribution in [1.82, 2.24) is 24.6 Å². The monoisotopic (exact) mass is 357 g/mol. The number of rotatable bonds is 3. The summed E-state index contributed by atoms with van der Waals surface area (Å²) in [4.78, 5) is 21.5. The molecule has 142 valence electrons. The third-order valence-corrected chi connectivity index (χ3v) is 7.61. The van der Waals surface area contributed by atoms with E-state index in [9.17, 15) is 4.79 Å². The van der Waals surface area contributed by atoms with Gasteiger partial charge in [0.05, 0.1) is 6.04 Å². The molecule has 1 aromatic rings. The van der Waals surface area contributed by atoms with Gasteiger partial charge in [-0.1, -0.05) is 20.3 Å². The fourth-order valence-corrected chi connectivity index (χ4v) is 5.75. The zero-order valence-corrected chi connectivity index (χ0v) is 16.1. The second-order valence-corrected chi connectivity index (χ2v) is 9.45. The van der Waals surface area contributed by atoms with Crippen LogP contribution in [0.2, 0.25) is 0 Å². The first-order valence-corrected chi connectivity index (χ1v) is 10.5. The molecule has 2 aliphatic carbocycles. The predicted molar refractivity (Wildman–Crippen MR) is 98.8 cm³/mol. The van der Waals surface area contributed by atoms with Crippen molar-refractivity contribution >= 4 is 6.03 Å². The Hall–Kier alpha value is -1.59. The van der Waals surface area contributed by atoms with Crippen molar-refractivity contribution in [1.29, 1.82) is 0 Å². The van der Waals surface area contributed by atoms with Crippen LogP contribution >= 0.6 is 0 Å². The average Bonchev–Trinajstić information content (AvgIpc) is 3.26. The van der Waals surface area contributed by atoms with Gasteiger partial charge in [0.15, 0.2) is 5.82 Å². The Morgan fingerprint density at radius 2 is 1.92 bits per heavy atom. The minimum absolute atomic E-state index is 0.299. The zero-order valence-electron chi connectivity index (χ0n) is 16.1. The number of carbonyl (C=O) groups is 1. The molecule has 6 heteroatoms. The van der Waals surface area contributed by atoms with Gasteiger partial charge in [0.1, 0.15) is 6.33 Å². The van der Waals surface area contributed by atoms with Crippen molar-refractivity contribution in [2.45, 2.75) is 64.3 Å². The Morgan fingerprint density at radius 3 is 2.58 bits per heavy atom. The lowest BCUT2D eigenvalue weighted by Crippen LogP contribution is -2.65. The highest BCUT2D eigenvalue weighted by Gasteiger charge is 2.55. The van der Waals surface area contributed by atoms with Gasteiger partial charge < -0.3 is 9.80 Å². The number of aromatic nitrogens is 3. The largest absolute Gasteiger partial charge is 0.324 e. The average molecular weight is 358 g/mol. The fraction of sp³-hybridized carbons (Fsp3) is 0.850. The van der Waals surface area contributed by atoms with Crippen molar-refractivity contribution in [3.8, 4) is 0 Å². The van der Waals surface area contributed by atoms with Crippen LogP contribution in [-0.2, 0) is 0 Å². The summed E-state index contributed by atoms with van der Waals surface area (Å²) in [7, 11) is 0. The van der Waals surface area contributed by atoms with Crippen LogP contribution in [0.4, 0.5) is 4.79 Å². The zero-order chi connectivity index (χ0) is 17.9. The van der Waals surface area contributed by atoms with Crippen LogP contribution in [0.3, 0.4) is 0 Å². The molecular formula is C20H31N5O. The van der Waals surface area contributed by atoms with Crippen LogP contribution in [0.15, 0.2) is 6.33 Å². The third kappa shape index (κ3) is 2.55. The molecule has 0 radical (unpaired) electrons. The molecule has 3 atom stereocenters. The van der Waals surface area contributed by atoms with Crippen LogP contribution in [0.25, 0.3) is 0 Å². The molecule has 4 fully saturated rings. The van der Waals surface area contributed by atoms with E-state index in [1.165, 1.54) is 19.3 Å². The standard InChI is InChI=1S/C20H31N5O/c1-3-14(2)18-21-13-25(22-18)17-7-20(8-17)11-24(12-20)19(26)23-9-15-5-4-6-16(15)10-23/h13-17H,3-12H2,1-2H3/t14?,15-,16+. The van der Waals surface area contributed by atoms with E-state index in [-0.39, 0.29) is 0 Å². The second-order valence-electron chi connectivity index (χ2n) is 9.45. The maximum absolute atomic E-state index is 12.8. The molecule has 2 saturated heterocycles. The number of likely N-dealkylation sites (tertiary alicyclic amines) is 2. The molecule has 2 saturated carbocycles. The van der Waals surface area contributed by atoms with E-state index >= 15 is 0 Å². The van der Waals surface area contributed by atoms with Gasteiger partial charge in [-0.25, -0.2) is 14.5 Å². The Morgan fingerprint density at radius 1 is 1.23 bits per heavy atom. The van der Waals surface area contributed by atoms with E-state index in [0.717, 1.165) is 63.1 Å². The first kappa shape index (κ1) is 16.6. The Balaban J connectivity index is 1.12. The van der Waals surface area contributed by atoms with Gasteiger partial charge in [-0.15, -0.1) is 0 Å². The maximum Gasteiger partial charge on any atom is 0.320 e. The predicted octanol–water partition coefficient (Wildman–Crippen LogP) is 3.28. The number of carbonyl (C=O) groups excluding carboxylic acids is 1. The Labute approximate surface area is 155 Å². The molecule has 4 aliphatic rings. The van der Waals surface area contributed by atoms with E-state index in [4.69, 9.17) is 5.10 Å². The number of fused-ring (bicyclic) bond motifs is 1. The highest BCUT2D eigenvalue weighted by atomic mass is 16.2. The molecule has 5 rings (SSSR count). The highest BCUT2D eigenvalue weighted by molar-refractivity contribution is 5.76. The Kier molecular flexibility index (Phi) is 3.80. The lowest BCUT2D eigenvalue weighted by molar-refractivity contribution is -0.0734. The van der Waals surface area contributed by atoms with Crippen LogP contribution in [0.1, 0.15) is 70.2 Å². The van der Waals surface area contributed by atoms with E-state index < -0.39 is 0 Å². The number of nitrogens with zero attached hydrogens (tertiary/aromatic N) is 5. The van der Waals surface area contributed by atoms with Gasteiger partial charge in [-0.3, -0.25) is 0 Å². The summed E-state index contributed by atoms with van der Waals surface area (Å²) < 4.78 is 2.07. The SMILES string of the molecule is CCC(C)c1ncn(C2CC3(C2)CN(C(=O)N2C[C@H]4CCC[C@H]4C2)C3)n1. The smallest absolute Gasteiger partial charge is 0.320 e. The molecule has 26 heavy (non-hydrogen) atoms. The molecule has 3 heterocycles. The minimum atomic E-state index is 0.299. The number of urea groups is 1. The van der Waals surface area contributed by atoms with Gasteiger partial charge in [0.2, 0.25) is 0 Å². The van der Waals surface area contributed by atoms with E-state index in [1.54, 1.807) is 0 Å². The lowest BCUT2D eigenvalue weighted by Gasteiger charge is -2.59.